The number of hydrogen-bond donors (Lipinski definition) is 1. The van der Waals surface area contributed by atoms with Crippen molar-refractivity contribution in [1.82, 2.24) is 4.90 Å². The number of carbonyl (C=O) groups is 1. The van der Waals surface area contributed by atoms with Crippen LogP contribution >= 0.6 is 31.9 Å². The highest BCUT2D eigenvalue weighted by molar-refractivity contribution is 9.10. The van der Waals surface area contributed by atoms with Crippen LogP contribution in [0.4, 0.5) is 0 Å². The molecule has 0 spiro atoms. The fourth-order valence-corrected chi connectivity index (χ4v) is 5.97. The van der Waals surface area contributed by atoms with Crippen molar-refractivity contribution in [2.24, 2.45) is 11.1 Å². The summed E-state index contributed by atoms with van der Waals surface area (Å²) in [6, 6.07) is 13.9. The van der Waals surface area contributed by atoms with Crippen molar-refractivity contribution in [2.75, 3.05) is 27.4 Å². The molecule has 2 aromatic rings. The van der Waals surface area contributed by atoms with Crippen molar-refractivity contribution in [1.29, 1.82) is 5.26 Å². The molecule has 9 heteroatoms. The summed E-state index contributed by atoms with van der Waals surface area (Å²) < 4.78 is 18.8. The number of methoxy groups -OCH3 is 2. The first-order valence-electron chi connectivity index (χ1n) is 12.3. The summed E-state index contributed by atoms with van der Waals surface area (Å²) in [5.41, 5.74) is 9.94. The number of Topliss-reactive ketones (excluding diaryl/α,β-unsaturated/α-hetero) is 1. The molecule has 1 atom stereocenters. The van der Waals surface area contributed by atoms with E-state index >= 15 is 0 Å². The van der Waals surface area contributed by atoms with Gasteiger partial charge in [-0.1, -0.05) is 41.9 Å². The van der Waals surface area contributed by atoms with Gasteiger partial charge in [0.05, 0.1) is 35.7 Å². The highest BCUT2D eigenvalue weighted by atomic mass is 79.9. The smallest absolute Gasteiger partial charge is 0.175 e. The van der Waals surface area contributed by atoms with Gasteiger partial charge in [-0.2, -0.15) is 5.26 Å². The van der Waals surface area contributed by atoms with Crippen molar-refractivity contribution in [3.63, 3.8) is 0 Å². The van der Waals surface area contributed by atoms with E-state index in [9.17, 15) is 10.1 Å². The molecule has 0 saturated heterocycles. The lowest BCUT2D eigenvalue weighted by Gasteiger charge is -2.43. The number of nitrogens with two attached hydrogens (primary N) is 1. The lowest BCUT2D eigenvalue weighted by molar-refractivity contribution is -0.118. The summed E-state index contributed by atoms with van der Waals surface area (Å²) in [7, 11) is 3.19. The summed E-state index contributed by atoms with van der Waals surface area (Å²) in [5, 5.41) is 10.2. The van der Waals surface area contributed by atoms with Crippen LogP contribution in [0.25, 0.3) is 0 Å². The second-order valence-corrected chi connectivity index (χ2v) is 12.0. The number of nitriles is 1. The Kier molecular flexibility index (Phi) is 8.55. The topological polar surface area (TPSA) is 97.8 Å². The first-order chi connectivity index (χ1) is 18.1. The van der Waals surface area contributed by atoms with Crippen LogP contribution in [-0.2, 0) is 16.1 Å². The molecule has 0 amide bonds. The van der Waals surface area contributed by atoms with Gasteiger partial charge < -0.3 is 24.8 Å². The molecule has 2 aliphatic rings. The zero-order valence-electron chi connectivity index (χ0n) is 21.9. The normalized spacial score (nSPS) is 18.8. The number of ketones is 1. The lowest BCUT2D eigenvalue weighted by atomic mass is 9.68. The Morgan fingerprint density at radius 1 is 1.16 bits per heavy atom. The monoisotopic (exact) mass is 643 g/mol. The van der Waals surface area contributed by atoms with Gasteiger partial charge in [-0.05, 0) is 63.2 Å². The number of hydrogen-bond acceptors (Lipinski definition) is 7. The van der Waals surface area contributed by atoms with Crippen molar-refractivity contribution in [2.45, 2.75) is 39.2 Å². The second kappa shape index (κ2) is 11.5. The van der Waals surface area contributed by atoms with Gasteiger partial charge in [0, 0.05) is 35.8 Å². The molecule has 0 fully saturated rings. The zero-order valence-corrected chi connectivity index (χ0v) is 25.1. The van der Waals surface area contributed by atoms with E-state index in [1.165, 1.54) is 0 Å². The SMILES string of the molecule is COCCN1C(N)=C(C#N)[C@H](c2cc(Br)c(OCc3ccc(Br)cc3)c(OC)c2)C2=C1CC(C)(C)CC2=O. The van der Waals surface area contributed by atoms with Crippen LogP contribution in [0.15, 0.2) is 68.0 Å². The number of halogens is 2. The first kappa shape index (κ1) is 28.2. The van der Waals surface area contributed by atoms with Crippen molar-refractivity contribution < 1.29 is 19.0 Å². The Morgan fingerprint density at radius 2 is 1.87 bits per heavy atom. The largest absolute Gasteiger partial charge is 0.493 e. The van der Waals surface area contributed by atoms with Gasteiger partial charge in [0.15, 0.2) is 17.3 Å². The van der Waals surface area contributed by atoms with E-state index in [2.05, 4.69) is 51.8 Å². The standard InChI is InChI=1S/C29H31Br2N3O4/c1-29(2)13-22-26(23(35)14-29)25(20(15-32)28(33)34(22)9-10-36-3)18-11-21(31)27(24(12-18)37-4)38-16-17-5-7-19(30)8-6-17/h5-8,11-12,25H,9-10,13-14,16,33H2,1-4H3/t25-/m0/s1. The summed E-state index contributed by atoms with van der Waals surface area (Å²) in [4.78, 5) is 15.5. The van der Waals surface area contributed by atoms with Crippen molar-refractivity contribution >= 4 is 37.6 Å². The van der Waals surface area contributed by atoms with Gasteiger partial charge in [-0.25, -0.2) is 0 Å². The van der Waals surface area contributed by atoms with Crippen molar-refractivity contribution in [3.05, 3.63) is 79.1 Å². The maximum Gasteiger partial charge on any atom is 0.175 e. The summed E-state index contributed by atoms with van der Waals surface area (Å²) in [5.74, 6) is 0.800. The fraction of sp³-hybridized carbons (Fsp3) is 0.379. The van der Waals surface area contributed by atoms with E-state index in [-0.39, 0.29) is 11.2 Å². The molecule has 2 N–H and O–H groups in total. The average molecular weight is 645 g/mol. The third-order valence-electron chi connectivity index (χ3n) is 6.89. The van der Waals surface area contributed by atoms with E-state index in [0.717, 1.165) is 21.3 Å². The zero-order chi connectivity index (χ0) is 27.6. The average Bonchev–Trinajstić information content (AvgIpc) is 2.87. The maximum absolute atomic E-state index is 13.6. The van der Waals surface area contributed by atoms with Gasteiger partial charge >= 0.3 is 0 Å². The maximum atomic E-state index is 13.6. The molecule has 0 unspecified atom stereocenters. The summed E-state index contributed by atoms with van der Waals surface area (Å²) in [6.45, 7) is 5.38. The quantitative estimate of drug-likeness (QED) is 0.366. The highest BCUT2D eigenvalue weighted by Gasteiger charge is 2.44. The van der Waals surface area contributed by atoms with Crippen LogP contribution in [0.1, 0.15) is 43.7 Å². The van der Waals surface area contributed by atoms with E-state index < -0.39 is 5.92 Å². The van der Waals surface area contributed by atoms with Gasteiger partial charge in [-0.3, -0.25) is 4.79 Å². The summed E-state index contributed by atoms with van der Waals surface area (Å²) >= 11 is 7.09. The molecular weight excluding hydrogens is 614 g/mol. The first-order valence-corrected chi connectivity index (χ1v) is 13.9. The molecule has 1 heterocycles. The molecular formula is C29H31Br2N3O4. The highest BCUT2D eigenvalue weighted by Crippen LogP contribution is 2.50. The minimum atomic E-state index is -0.608. The molecule has 4 rings (SSSR count). The van der Waals surface area contributed by atoms with E-state index in [1.807, 2.05) is 41.3 Å². The Labute approximate surface area is 240 Å². The van der Waals surface area contributed by atoms with E-state index in [0.29, 0.717) is 65.5 Å². The van der Waals surface area contributed by atoms with E-state index in [1.54, 1.807) is 14.2 Å². The number of benzene rings is 2. The fourth-order valence-electron chi connectivity index (χ4n) is 5.13. The van der Waals surface area contributed by atoms with Crippen LogP contribution < -0.4 is 15.2 Å². The minimum absolute atomic E-state index is 0.0228. The van der Waals surface area contributed by atoms with Gasteiger partial charge in [0.25, 0.3) is 0 Å². The van der Waals surface area contributed by atoms with Gasteiger partial charge in [0.2, 0.25) is 0 Å². The third-order valence-corrected chi connectivity index (χ3v) is 8.01. The minimum Gasteiger partial charge on any atom is -0.493 e. The number of carbonyl (C=O) groups excluding carboxylic acids is 1. The number of allylic oxidation sites excluding steroid dienone is 3. The molecule has 0 radical (unpaired) electrons. The van der Waals surface area contributed by atoms with Gasteiger partial charge in [-0.15, -0.1) is 0 Å². The number of nitrogens with zero attached hydrogens (tertiary/aromatic N) is 2. The molecule has 0 aromatic heterocycles. The molecule has 7 nitrogen and oxygen atoms in total. The van der Waals surface area contributed by atoms with Crippen molar-refractivity contribution in [3.8, 4) is 17.6 Å². The molecule has 0 saturated carbocycles. The molecule has 1 aliphatic carbocycles. The number of ether oxygens (including phenoxy) is 3. The van der Waals surface area contributed by atoms with Gasteiger partial charge in [0.1, 0.15) is 12.4 Å². The Bertz CT molecular complexity index is 1340. The molecule has 200 valence electrons. The lowest BCUT2D eigenvalue weighted by Crippen LogP contribution is -2.43. The van der Waals surface area contributed by atoms with Crippen LogP contribution in [-0.4, -0.2) is 38.1 Å². The Hall–Kier alpha value is -2.80. The number of rotatable bonds is 8. The molecule has 38 heavy (non-hydrogen) atoms. The van der Waals surface area contributed by atoms with E-state index in [4.69, 9.17) is 19.9 Å². The Morgan fingerprint density at radius 3 is 2.50 bits per heavy atom. The predicted molar refractivity (Wildman–Crippen MR) is 152 cm³/mol. The third kappa shape index (κ3) is 5.63. The van der Waals surface area contributed by atoms with Crippen LogP contribution in [0.3, 0.4) is 0 Å². The summed E-state index contributed by atoms with van der Waals surface area (Å²) in [6.07, 6.45) is 1.06. The van der Waals surface area contributed by atoms with Crippen LogP contribution in [0.5, 0.6) is 11.5 Å². The second-order valence-electron chi connectivity index (χ2n) is 10.2. The molecule has 1 aliphatic heterocycles. The molecule has 0 bridgehead atoms. The van der Waals surface area contributed by atoms with Crippen LogP contribution in [0, 0.1) is 16.7 Å². The Balaban J connectivity index is 1.79. The molecule has 2 aromatic carbocycles. The predicted octanol–water partition coefficient (Wildman–Crippen LogP) is 6.18. The van der Waals surface area contributed by atoms with Crippen LogP contribution in [0.2, 0.25) is 0 Å².